The van der Waals surface area contributed by atoms with Crippen molar-refractivity contribution in [2.24, 2.45) is 0 Å². The minimum absolute atomic E-state index is 0.108. The van der Waals surface area contributed by atoms with Crippen LogP contribution < -0.4 is 4.74 Å². The number of benzene rings is 1. The van der Waals surface area contributed by atoms with Crippen molar-refractivity contribution in [3.05, 3.63) is 44.1 Å². The molecule has 20 heavy (non-hydrogen) atoms. The number of halogens is 2. The Hall–Kier alpha value is -1.41. The van der Waals surface area contributed by atoms with Crippen LogP contribution in [0, 0.1) is 10.6 Å². The maximum absolute atomic E-state index is 11.9. The largest absolute Gasteiger partial charge is 0.465 e. The van der Waals surface area contributed by atoms with E-state index in [1.165, 1.54) is 7.11 Å². The van der Waals surface area contributed by atoms with Gasteiger partial charge in [0.05, 0.1) is 7.11 Å². The molecule has 2 rings (SSSR count). The summed E-state index contributed by atoms with van der Waals surface area (Å²) in [5, 5.41) is 8.45. The fraction of sp³-hybridized carbons (Fsp3) is 0.154. The highest BCUT2D eigenvalue weighted by atomic mass is 127. The zero-order valence-electron chi connectivity index (χ0n) is 10.7. The molecule has 0 spiro atoms. The summed E-state index contributed by atoms with van der Waals surface area (Å²) in [6.07, 6.45) is 0. The second-order valence-corrected chi connectivity index (χ2v) is 5.30. The second-order valence-electron chi connectivity index (χ2n) is 3.84. The average Bonchev–Trinajstić information content (AvgIpc) is 2.45. The zero-order valence-corrected chi connectivity index (χ0v) is 13.6. The van der Waals surface area contributed by atoms with Gasteiger partial charge >= 0.3 is 5.97 Å². The third-order valence-corrected chi connectivity index (χ3v) is 3.82. The first-order valence-corrected chi connectivity index (χ1v) is 7.03. The van der Waals surface area contributed by atoms with E-state index in [0.717, 1.165) is 0 Å². The summed E-state index contributed by atoms with van der Waals surface area (Å²) < 4.78 is 11.0. The van der Waals surface area contributed by atoms with Gasteiger partial charge in [0.15, 0.2) is 0 Å². The van der Waals surface area contributed by atoms with Gasteiger partial charge < -0.3 is 9.47 Å². The molecule has 0 radical (unpaired) electrons. The van der Waals surface area contributed by atoms with E-state index < -0.39 is 5.97 Å². The minimum Gasteiger partial charge on any atom is -0.465 e. The van der Waals surface area contributed by atoms with Gasteiger partial charge in [0.25, 0.3) is 5.88 Å². The van der Waals surface area contributed by atoms with Gasteiger partial charge in [-0.25, -0.2) is 4.79 Å². The predicted molar refractivity (Wildman–Crippen MR) is 82.4 cm³/mol. The van der Waals surface area contributed by atoms with Crippen molar-refractivity contribution < 1.29 is 14.3 Å². The Kier molecular flexibility index (Phi) is 4.77. The highest BCUT2D eigenvalue weighted by molar-refractivity contribution is 14.1. The van der Waals surface area contributed by atoms with E-state index in [9.17, 15) is 4.79 Å². The van der Waals surface area contributed by atoms with E-state index in [-0.39, 0.29) is 11.4 Å². The van der Waals surface area contributed by atoms with E-state index >= 15 is 0 Å². The SMILES string of the molecule is COC(=O)c1c(Oc2ccc(Cl)cc2)nnc(I)c1C. The molecule has 5 nitrogen and oxygen atoms in total. The van der Waals surface area contributed by atoms with Crippen molar-refractivity contribution in [2.75, 3.05) is 7.11 Å². The highest BCUT2D eigenvalue weighted by Gasteiger charge is 2.21. The Labute approximate surface area is 134 Å². The van der Waals surface area contributed by atoms with Crippen LogP contribution in [-0.4, -0.2) is 23.3 Å². The third kappa shape index (κ3) is 3.18. The number of hydrogen-bond donors (Lipinski definition) is 0. The summed E-state index contributed by atoms with van der Waals surface area (Å²) in [5.41, 5.74) is 0.929. The summed E-state index contributed by atoms with van der Waals surface area (Å²) in [5.74, 6) is 0.103. The fourth-order valence-electron chi connectivity index (χ4n) is 1.51. The van der Waals surface area contributed by atoms with Crippen LogP contribution in [0.1, 0.15) is 15.9 Å². The first-order chi connectivity index (χ1) is 9.52. The fourth-order valence-corrected chi connectivity index (χ4v) is 2.01. The standard InChI is InChI=1S/C13H10ClIN2O3/c1-7-10(13(18)19-2)12(17-16-11(7)15)20-9-5-3-8(14)4-6-9/h3-6H,1-2H3. The third-order valence-electron chi connectivity index (χ3n) is 2.54. The molecule has 0 aliphatic carbocycles. The molecule has 0 bridgehead atoms. The van der Waals surface area contributed by atoms with Gasteiger partial charge in [0.2, 0.25) is 0 Å². The molecule has 0 fully saturated rings. The number of aromatic nitrogens is 2. The molecule has 1 aromatic heterocycles. The molecule has 0 saturated carbocycles. The quantitative estimate of drug-likeness (QED) is 0.578. The highest BCUT2D eigenvalue weighted by Crippen LogP contribution is 2.27. The Balaban J connectivity index is 2.43. The van der Waals surface area contributed by atoms with Gasteiger partial charge in [0, 0.05) is 10.6 Å². The van der Waals surface area contributed by atoms with Crippen molar-refractivity contribution in [1.82, 2.24) is 10.2 Å². The molecule has 0 unspecified atom stereocenters. The maximum atomic E-state index is 11.9. The van der Waals surface area contributed by atoms with E-state index in [2.05, 4.69) is 10.2 Å². The van der Waals surface area contributed by atoms with Crippen molar-refractivity contribution in [3.63, 3.8) is 0 Å². The maximum Gasteiger partial charge on any atom is 0.343 e. The molecule has 0 aliphatic rings. The zero-order chi connectivity index (χ0) is 14.7. The number of esters is 1. The van der Waals surface area contributed by atoms with Crippen LogP contribution in [0.5, 0.6) is 11.6 Å². The van der Waals surface area contributed by atoms with E-state index in [0.29, 0.717) is 20.0 Å². The Bertz CT molecular complexity index is 647. The smallest absolute Gasteiger partial charge is 0.343 e. The number of ether oxygens (including phenoxy) is 2. The lowest BCUT2D eigenvalue weighted by molar-refractivity contribution is 0.0595. The summed E-state index contributed by atoms with van der Waals surface area (Å²) in [7, 11) is 1.31. The molecule has 0 saturated heterocycles. The second kappa shape index (κ2) is 6.36. The van der Waals surface area contributed by atoms with Crippen molar-refractivity contribution >= 4 is 40.2 Å². The number of hydrogen-bond acceptors (Lipinski definition) is 5. The summed E-state index contributed by atoms with van der Waals surface area (Å²) >= 11 is 7.80. The van der Waals surface area contributed by atoms with Gasteiger partial charge in [-0.05, 0) is 53.8 Å². The molecule has 0 N–H and O–H groups in total. The lowest BCUT2D eigenvalue weighted by atomic mass is 10.2. The topological polar surface area (TPSA) is 61.3 Å². The first-order valence-electron chi connectivity index (χ1n) is 5.57. The number of methoxy groups -OCH3 is 1. The monoisotopic (exact) mass is 404 g/mol. The van der Waals surface area contributed by atoms with E-state index in [1.807, 2.05) is 22.6 Å². The van der Waals surface area contributed by atoms with Crippen LogP contribution in [0.2, 0.25) is 5.02 Å². The summed E-state index contributed by atoms with van der Waals surface area (Å²) in [6, 6.07) is 6.72. The van der Waals surface area contributed by atoms with Gasteiger partial charge in [-0.15, -0.1) is 10.2 Å². The Morgan fingerprint density at radius 2 is 1.90 bits per heavy atom. The van der Waals surface area contributed by atoms with Crippen LogP contribution >= 0.6 is 34.2 Å². The first kappa shape index (κ1) is 15.0. The van der Waals surface area contributed by atoms with Crippen molar-refractivity contribution in [3.8, 4) is 11.6 Å². The van der Waals surface area contributed by atoms with Gasteiger partial charge in [0.1, 0.15) is 15.0 Å². The summed E-state index contributed by atoms with van der Waals surface area (Å²) in [6.45, 7) is 1.76. The van der Waals surface area contributed by atoms with Gasteiger partial charge in [-0.3, -0.25) is 0 Å². The normalized spacial score (nSPS) is 10.2. The number of carbonyl (C=O) groups is 1. The molecule has 2 aromatic rings. The Morgan fingerprint density at radius 1 is 1.25 bits per heavy atom. The van der Waals surface area contributed by atoms with Crippen molar-refractivity contribution in [2.45, 2.75) is 6.92 Å². The minimum atomic E-state index is -0.515. The molecule has 7 heteroatoms. The molecule has 104 valence electrons. The van der Waals surface area contributed by atoms with E-state index in [4.69, 9.17) is 21.1 Å². The summed E-state index contributed by atoms with van der Waals surface area (Å²) in [4.78, 5) is 11.9. The van der Waals surface area contributed by atoms with Crippen LogP contribution in [0.4, 0.5) is 0 Å². The van der Waals surface area contributed by atoms with Gasteiger partial charge in [-0.1, -0.05) is 11.6 Å². The Morgan fingerprint density at radius 3 is 2.50 bits per heavy atom. The van der Waals surface area contributed by atoms with Crippen LogP contribution in [0.25, 0.3) is 0 Å². The van der Waals surface area contributed by atoms with Gasteiger partial charge in [-0.2, -0.15) is 0 Å². The molecule has 0 aliphatic heterocycles. The molecule has 1 aromatic carbocycles. The number of rotatable bonds is 3. The molecule has 0 amide bonds. The molecular formula is C13H10ClIN2O3. The molecule has 0 atom stereocenters. The van der Waals surface area contributed by atoms with E-state index in [1.54, 1.807) is 31.2 Å². The molecule has 1 heterocycles. The molecular weight excluding hydrogens is 395 g/mol. The van der Waals surface area contributed by atoms with Crippen LogP contribution in [0.15, 0.2) is 24.3 Å². The van der Waals surface area contributed by atoms with Crippen LogP contribution in [-0.2, 0) is 4.74 Å². The number of carbonyl (C=O) groups excluding carboxylic acids is 1. The lowest BCUT2D eigenvalue weighted by Gasteiger charge is -2.11. The number of nitrogens with zero attached hydrogens (tertiary/aromatic N) is 2. The van der Waals surface area contributed by atoms with Crippen LogP contribution in [0.3, 0.4) is 0 Å². The predicted octanol–water partition coefficient (Wildman–Crippen LogP) is 3.62. The van der Waals surface area contributed by atoms with Crippen molar-refractivity contribution in [1.29, 1.82) is 0 Å². The average molecular weight is 405 g/mol. The lowest BCUT2D eigenvalue weighted by Crippen LogP contribution is -2.10.